The second kappa shape index (κ2) is 5.66. The summed E-state index contributed by atoms with van der Waals surface area (Å²) in [6.45, 7) is 2.12. The van der Waals surface area contributed by atoms with Crippen molar-refractivity contribution in [3.63, 3.8) is 0 Å². The molecule has 0 aliphatic heterocycles. The molecule has 0 fully saturated rings. The Bertz CT molecular complexity index is 271. The maximum atomic E-state index is 5.90. The predicted molar refractivity (Wildman–Crippen MR) is 62.9 cm³/mol. The lowest BCUT2D eigenvalue weighted by molar-refractivity contribution is 0.923. The minimum atomic E-state index is 0.629. The van der Waals surface area contributed by atoms with Crippen LogP contribution in [0.2, 0.25) is 0 Å². The van der Waals surface area contributed by atoms with E-state index in [2.05, 4.69) is 41.1 Å². The van der Waals surface area contributed by atoms with Gasteiger partial charge in [0, 0.05) is 11.2 Å². The van der Waals surface area contributed by atoms with Crippen LogP contribution in [0.4, 0.5) is 0 Å². The third kappa shape index (κ3) is 2.99. The number of hydrogen-bond donors (Lipinski definition) is 0. The first-order valence-corrected chi connectivity index (χ1v) is 6.14. The molecule has 2 heteroatoms. The average Bonchev–Trinajstić information content (AvgIpc) is 2.15. The quantitative estimate of drug-likeness (QED) is 0.717. The Morgan fingerprint density at radius 2 is 2.15 bits per heavy atom. The van der Waals surface area contributed by atoms with Gasteiger partial charge in [-0.2, -0.15) is 0 Å². The van der Waals surface area contributed by atoms with Gasteiger partial charge < -0.3 is 0 Å². The van der Waals surface area contributed by atoms with Crippen molar-refractivity contribution < 1.29 is 0 Å². The van der Waals surface area contributed by atoms with Gasteiger partial charge in [0.15, 0.2) is 0 Å². The number of alkyl halides is 2. The number of benzene rings is 1. The van der Waals surface area contributed by atoms with Gasteiger partial charge in [0.05, 0.1) is 0 Å². The molecule has 0 unspecified atom stereocenters. The van der Waals surface area contributed by atoms with E-state index in [0.29, 0.717) is 5.88 Å². The van der Waals surface area contributed by atoms with E-state index in [1.54, 1.807) is 0 Å². The van der Waals surface area contributed by atoms with E-state index >= 15 is 0 Å². The highest BCUT2D eigenvalue weighted by Gasteiger charge is 2.03. The van der Waals surface area contributed by atoms with Crippen molar-refractivity contribution in [2.24, 2.45) is 0 Å². The van der Waals surface area contributed by atoms with Crippen LogP contribution < -0.4 is 0 Å². The van der Waals surface area contributed by atoms with Crippen LogP contribution in [0, 0.1) is 6.92 Å². The molecule has 0 aliphatic carbocycles. The molecule has 1 aromatic rings. The second-order valence-corrected chi connectivity index (χ2v) is 4.20. The van der Waals surface area contributed by atoms with Crippen LogP contribution >= 0.6 is 27.5 Å². The zero-order valence-electron chi connectivity index (χ0n) is 7.82. The lowest BCUT2D eigenvalue weighted by Gasteiger charge is -2.08. The fourth-order valence-corrected chi connectivity index (χ4v) is 2.11. The van der Waals surface area contributed by atoms with Crippen LogP contribution in [0.3, 0.4) is 0 Å². The Labute approximate surface area is 93.4 Å². The highest BCUT2D eigenvalue weighted by atomic mass is 79.9. The molecular formula is C11H14BrCl. The zero-order chi connectivity index (χ0) is 9.68. The molecule has 0 radical (unpaired) electrons. The molecule has 0 nitrogen and oxygen atoms in total. The third-order valence-corrected chi connectivity index (χ3v) is 3.05. The summed E-state index contributed by atoms with van der Waals surface area (Å²) >= 11 is 9.34. The van der Waals surface area contributed by atoms with Crippen molar-refractivity contribution in [1.82, 2.24) is 0 Å². The number of aryl methyl sites for hydroxylation is 2. The summed E-state index contributed by atoms with van der Waals surface area (Å²) in [5.74, 6) is 0.629. The van der Waals surface area contributed by atoms with Gasteiger partial charge >= 0.3 is 0 Å². The second-order valence-electron chi connectivity index (χ2n) is 3.14. The zero-order valence-corrected chi connectivity index (χ0v) is 10.2. The van der Waals surface area contributed by atoms with Crippen molar-refractivity contribution in [3.05, 3.63) is 34.9 Å². The highest BCUT2D eigenvalue weighted by molar-refractivity contribution is 9.09. The van der Waals surface area contributed by atoms with E-state index in [1.807, 2.05) is 0 Å². The van der Waals surface area contributed by atoms with E-state index in [4.69, 9.17) is 11.6 Å². The van der Waals surface area contributed by atoms with Crippen LogP contribution in [-0.2, 0) is 12.3 Å². The lowest BCUT2D eigenvalue weighted by Crippen LogP contribution is -1.95. The Kier molecular flexibility index (Phi) is 4.82. The molecule has 0 bridgehead atoms. The molecule has 0 saturated carbocycles. The maximum Gasteiger partial charge on any atom is 0.0479 e. The molecule has 0 amide bonds. The van der Waals surface area contributed by atoms with Crippen molar-refractivity contribution >= 4 is 27.5 Å². The molecule has 1 aromatic carbocycles. The maximum absolute atomic E-state index is 5.90. The molecule has 72 valence electrons. The van der Waals surface area contributed by atoms with E-state index in [0.717, 1.165) is 11.8 Å². The summed E-state index contributed by atoms with van der Waals surface area (Å²) in [6.07, 6.45) is 2.29. The first kappa shape index (κ1) is 11.1. The normalized spacial score (nSPS) is 10.4. The van der Waals surface area contributed by atoms with Crippen molar-refractivity contribution in [3.8, 4) is 0 Å². The van der Waals surface area contributed by atoms with Gasteiger partial charge in [0.1, 0.15) is 0 Å². The molecule has 0 saturated heterocycles. The van der Waals surface area contributed by atoms with Crippen molar-refractivity contribution in [1.29, 1.82) is 0 Å². The fraction of sp³-hybridized carbons (Fsp3) is 0.455. The summed E-state index contributed by atoms with van der Waals surface area (Å²) in [5.41, 5.74) is 4.02. The van der Waals surface area contributed by atoms with Gasteiger partial charge in [0.2, 0.25) is 0 Å². The summed E-state index contributed by atoms with van der Waals surface area (Å²) in [6, 6.07) is 6.40. The van der Waals surface area contributed by atoms with Crippen LogP contribution in [0.15, 0.2) is 18.2 Å². The number of rotatable bonds is 4. The highest BCUT2D eigenvalue weighted by Crippen LogP contribution is 2.18. The van der Waals surface area contributed by atoms with Gasteiger partial charge in [-0.3, -0.25) is 0 Å². The van der Waals surface area contributed by atoms with E-state index < -0.39 is 0 Å². The van der Waals surface area contributed by atoms with Crippen LogP contribution in [0.5, 0.6) is 0 Å². The van der Waals surface area contributed by atoms with Crippen molar-refractivity contribution in [2.45, 2.75) is 25.6 Å². The summed E-state index contributed by atoms with van der Waals surface area (Å²) in [5, 5.41) is 1.06. The smallest absolute Gasteiger partial charge is 0.0479 e. The molecule has 0 spiro atoms. The Morgan fingerprint density at radius 3 is 2.77 bits per heavy atom. The van der Waals surface area contributed by atoms with Gasteiger partial charge in [-0.1, -0.05) is 34.1 Å². The Morgan fingerprint density at radius 1 is 1.38 bits per heavy atom. The molecule has 13 heavy (non-hydrogen) atoms. The molecule has 0 atom stereocenters. The van der Waals surface area contributed by atoms with Crippen molar-refractivity contribution in [2.75, 3.05) is 5.33 Å². The van der Waals surface area contributed by atoms with Gasteiger partial charge in [0.25, 0.3) is 0 Å². The lowest BCUT2D eigenvalue weighted by atomic mass is 10.0. The van der Waals surface area contributed by atoms with Crippen LogP contribution in [0.25, 0.3) is 0 Å². The average molecular weight is 262 g/mol. The molecule has 0 N–H and O–H groups in total. The van der Waals surface area contributed by atoms with Gasteiger partial charge in [-0.15, -0.1) is 11.6 Å². The molecule has 0 aliphatic rings. The van der Waals surface area contributed by atoms with Crippen LogP contribution in [0.1, 0.15) is 23.1 Å². The first-order chi connectivity index (χ1) is 6.29. The molecule has 0 aromatic heterocycles. The Balaban J connectivity index is 2.85. The standard InChI is InChI=1S/C11H14BrCl/c1-9-4-2-5-10(6-3-7-12)11(9)8-13/h2,4-5H,3,6-8H2,1H3. The first-order valence-electron chi connectivity index (χ1n) is 4.49. The minimum Gasteiger partial charge on any atom is -0.122 e. The van der Waals surface area contributed by atoms with Crippen LogP contribution in [-0.4, -0.2) is 5.33 Å². The summed E-state index contributed by atoms with van der Waals surface area (Å²) in [7, 11) is 0. The number of halogens is 2. The number of hydrogen-bond acceptors (Lipinski definition) is 0. The van der Waals surface area contributed by atoms with E-state index in [9.17, 15) is 0 Å². The molecule has 1 rings (SSSR count). The fourth-order valence-electron chi connectivity index (χ4n) is 1.45. The minimum absolute atomic E-state index is 0.629. The largest absolute Gasteiger partial charge is 0.122 e. The van der Waals surface area contributed by atoms with Gasteiger partial charge in [-0.25, -0.2) is 0 Å². The third-order valence-electron chi connectivity index (χ3n) is 2.22. The van der Waals surface area contributed by atoms with E-state index in [-0.39, 0.29) is 0 Å². The topological polar surface area (TPSA) is 0 Å². The van der Waals surface area contributed by atoms with E-state index in [1.165, 1.54) is 23.1 Å². The summed E-state index contributed by atoms with van der Waals surface area (Å²) < 4.78 is 0. The van der Waals surface area contributed by atoms with Gasteiger partial charge in [-0.05, 0) is 36.5 Å². The SMILES string of the molecule is Cc1cccc(CCCBr)c1CCl. The Hall–Kier alpha value is -0.0100. The molecule has 0 heterocycles. The summed E-state index contributed by atoms with van der Waals surface area (Å²) in [4.78, 5) is 0. The monoisotopic (exact) mass is 260 g/mol. The predicted octanol–water partition coefficient (Wildman–Crippen LogP) is 4.06. The molecular weight excluding hydrogens is 247 g/mol.